The normalized spacial score (nSPS) is 12.6. The molecule has 6 heteroatoms. The molecule has 0 aliphatic rings. The fourth-order valence-electron chi connectivity index (χ4n) is 2.05. The molecule has 1 atom stereocenters. The number of likely N-dealkylation sites (N-methyl/N-ethyl adjacent to an activating group) is 1. The summed E-state index contributed by atoms with van der Waals surface area (Å²) in [6.07, 6.45) is 2.54. The van der Waals surface area contributed by atoms with Crippen molar-refractivity contribution in [2.75, 3.05) is 6.54 Å². The molecule has 1 unspecified atom stereocenters. The fourth-order valence-corrected chi connectivity index (χ4v) is 2.53. The lowest BCUT2D eigenvalue weighted by atomic mass is 10.0. The fraction of sp³-hybridized carbons (Fsp3) is 0.385. The van der Waals surface area contributed by atoms with Crippen LogP contribution in [-0.2, 0) is 13.5 Å². The van der Waals surface area contributed by atoms with E-state index in [0.717, 1.165) is 24.2 Å². The van der Waals surface area contributed by atoms with Crippen LogP contribution in [0.1, 0.15) is 24.2 Å². The van der Waals surface area contributed by atoms with Crippen molar-refractivity contribution >= 4 is 23.2 Å². The monoisotopic (exact) mass is 298 g/mol. The maximum absolute atomic E-state index is 6.22. The summed E-state index contributed by atoms with van der Waals surface area (Å²) >= 11 is 12.1. The van der Waals surface area contributed by atoms with Crippen LogP contribution in [0, 0.1) is 0 Å². The van der Waals surface area contributed by atoms with Gasteiger partial charge < -0.3 is 5.32 Å². The third-order valence-corrected chi connectivity index (χ3v) is 3.58. The van der Waals surface area contributed by atoms with E-state index in [9.17, 15) is 0 Å². The van der Waals surface area contributed by atoms with E-state index in [-0.39, 0.29) is 6.04 Å². The maximum atomic E-state index is 6.22. The number of aryl methyl sites for hydroxylation is 1. The van der Waals surface area contributed by atoms with Crippen molar-refractivity contribution in [2.45, 2.75) is 19.4 Å². The van der Waals surface area contributed by atoms with Crippen LogP contribution in [-0.4, -0.2) is 21.5 Å². The summed E-state index contributed by atoms with van der Waals surface area (Å²) in [4.78, 5) is 0. The molecule has 0 spiro atoms. The number of halogens is 2. The summed E-state index contributed by atoms with van der Waals surface area (Å²) in [5.41, 5.74) is 2.09. The molecular weight excluding hydrogens is 283 g/mol. The molecule has 0 radical (unpaired) electrons. The lowest BCUT2D eigenvalue weighted by molar-refractivity contribution is 0.506. The Labute approximate surface area is 122 Å². The Balaban J connectivity index is 2.24. The second-order valence-electron chi connectivity index (χ2n) is 4.33. The summed E-state index contributed by atoms with van der Waals surface area (Å²) in [5.74, 6) is 0. The van der Waals surface area contributed by atoms with Crippen LogP contribution < -0.4 is 5.32 Å². The highest BCUT2D eigenvalue weighted by atomic mass is 35.5. The lowest BCUT2D eigenvalue weighted by Gasteiger charge is -2.18. The largest absolute Gasteiger partial charge is 0.309 e. The third-order valence-electron chi connectivity index (χ3n) is 3.00. The Bertz CT molecular complexity index is 553. The van der Waals surface area contributed by atoms with Crippen LogP contribution in [0.4, 0.5) is 0 Å². The van der Waals surface area contributed by atoms with Crippen LogP contribution in [0.2, 0.25) is 10.0 Å². The Morgan fingerprint density at radius 1 is 1.37 bits per heavy atom. The van der Waals surface area contributed by atoms with Gasteiger partial charge in [0, 0.05) is 17.1 Å². The van der Waals surface area contributed by atoms with Crippen LogP contribution >= 0.6 is 23.2 Å². The molecule has 1 aromatic carbocycles. The molecule has 0 aliphatic heterocycles. The van der Waals surface area contributed by atoms with Crippen molar-refractivity contribution in [3.63, 3.8) is 0 Å². The van der Waals surface area contributed by atoms with Crippen molar-refractivity contribution in [1.29, 1.82) is 0 Å². The summed E-state index contributed by atoms with van der Waals surface area (Å²) in [7, 11) is 1.89. The van der Waals surface area contributed by atoms with Gasteiger partial charge in [0.1, 0.15) is 0 Å². The number of nitrogens with one attached hydrogen (secondary N) is 1. The number of rotatable bonds is 5. The highest BCUT2D eigenvalue weighted by Crippen LogP contribution is 2.25. The molecule has 19 heavy (non-hydrogen) atoms. The zero-order valence-corrected chi connectivity index (χ0v) is 12.4. The predicted molar refractivity (Wildman–Crippen MR) is 77.6 cm³/mol. The van der Waals surface area contributed by atoms with E-state index in [1.807, 2.05) is 19.2 Å². The van der Waals surface area contributed by atoms with Crippen LogP contribution in [0.5, 0.6) is 0 Å². The number of benzene rings is 1. The van der Waals surface area contributed by atoms with E-state index in [2.05, 4.69) is 22.6 Å². The van der Waals surface area contributed by atoms with Gasteiger partial charge in [-0.25, -0.2) is 0 Å². The highest BCUT2D eigenvalue weighted by Gasteiger charge is 2.16. The van der Waals surface area contributed by atoms with Gasteiger partial charge in [0.05, 0.1) is 17.9 Å². The molecule has 0 saturated heterocycles. The molecule has 1 N–H and O–H groups in total. The van der Waals surface area contributed by atoms with Crippen molar-refractivity contribution in [3.05, 3.63) is 45.7 Å². The first-order chi connectivity index (χ1) is 9.11. The van der Waals surface area contributed by atoms with Gasteiger partial charge in [-0.15, -0.1) is 5.10 Å². The number of hydrogen-bond acceptors (Lipinski definition) is 3. The van der Waals surface area contributed by atoms with Gasteiger partial charge in [-0.05, 0) is 30.7 Å². The molecule has 0 aliphatic carbocycles. The van der Waals surface area contributed by atoms with Gasteiger partial charge >= 0.3 is 0 Å². The quantitative estimate of drug-likeness (QED) is 0.923. The molecule has 1 aromatic heterocycles. The molecular formula is C13H16Cl2N4. The minimum absolute atomic E-state index is 0.128. The van der Waals surface area contributed by atoms with Gasteiger partial charge in [-0.2, -0.15) is 0 Å². The lowest BCUT2D eigenvalue weighted by Crippen LogP contribution is -2.25. The third kappa shape index (κ3) is 3.47. The van der Waals surface area contributed by atoms with Gasteiger partial charge in [0.25, 0.3) is 0 Å². The first-order valence-corrected chi connectivity index (χ1v) is 6.89. The van der Waals surface area contributed by atoms with Gasteiger partial charge in [-0.1, -0.05) is 41.4 Å². The number of hydrogen-bond donors (Lipinski definition) is 1. The molecule has 2 aromatic rings. The molecule has 0 amide bonds. The van der Waals surface area contributed by atoms with Gasteiger partial charge in [0.2, 0.25) is 0 Å². The minimum atomic E-state index is 0.128. The topological polar surface area (TPSA) is 42.7 Å². The van der Waals surface area contributed by atoms with Crippen LogP contribution in [0.15, 0.2) is 24.4 Å². The van der Waals surface area contributed by atoms with Crippen LogP contribution in [0.3, 0.4) is 0 Å². The van der Waals surface area contributed by atoms with Crippen molar-refractivity contribution < 1.29 is 0 Å². The highest BCUT2D eigenvalue weighted by molar-refractivity contribution is 6.35. The van der Waals surface area contributed by atoms with E-state index >= 15 is 0 Å². The second kappa shape index (κ2) is 6.37. The van der Waals surface area contributed by atoms with Gasteiger partial charge in [-0.3, -0.25) is 4.68 Å². The summed E-state index contributed by atoms with van der Waals surface area (Å²) in [6.45, 7) is 2.93. The average molecular weight is 299 g/mol. The first kappa shape index (κ1) is 14.3. The molecule has 0 saturated carbocycles. The predicted octanol–water partition coefficient (Wildman–Crippen LogP) is 3.02. The molecule has 2 rings (SSSR count). The van der Waals surface area contributed by atoms with Gasteiger partial charge in [0.15, 0.2) is 0 Å². The van der Waals surface area contributed by atoms with Crippen molar-refractivity contribution in [1.82, 2.24) is 20.3 Å². The molecule has 102 valence electrons. The summed E-state index contributed by atoms with van der Waals surface area (Å²) in [6, 6.07) is 5.71. The zero-order chi connectivity index (χ0) is 13.8. The van der Waals surface area contributed by atoms with Crippen LogP contribution in [0.25, 0.3) is 0 Å². The standard InChI is InChI=1S/C13H16Cl2N4/c1-3-16-12(13-8-17-18-19(13)2)6-9-4-5-10(14)7-11(9)15/h4-5,7-8,12,16H,3,6H2,1-2H3. The van der Waals surface area contributed by atoms with Crippen molar-refractivity contribution in [2.24, 2.45) is 7.05 Å². The second-order valence-corrected chi connectivity index (χ2v) is 5.18. The zero-order valence-electron chi connectivity index (χ0n) is 10.9. The Morgan fingerprint density at radius 3 is 2.74 bits per heavy atom. The van der Waals surface area contributed by atoms with Crippen molar-refractivity contribution in [3.8, 4) is 0 Å². The average Bonchev–Trinajstić information content (AvgIpc) is 2.78. The Kier molecular flexibility index (Phi) is 4.80. The van der Waals surface area contributed by atoms with E-state index in [1.165, 1.54) is 0 Å². The van der Waals surface area contributed by atoms with E-state index in [1.54, 1.807) is 16.9 Å². The van der Waals surface area contributed by atoms with E-state index in [0.29, 0.717) is 10.0 Å². The Morgan fingerprint density at radius 2 is 2.16 bits per heavy atom. The number of aromatic nitrogens is 3. The Hall–Kier alpha value is -1.10. The maximum Gasteiger partial charge on any atom is 0.0756 e. The smallest absolute Gasteiger partial charge is 0.0756 e. The summed E-state index contributed by atoms with van der Waals surface area (Å²) < 4.78 is 1.77. The molecule has 0 bridgehead atoms. The molecule has 1 heterocycles. The minimum Gasteiger partial charge on any atom is -0.309 e. The molecule has 4 nitrogen and oxygen atoms in total. The molecule has 0 fully saturated rings. The van der Waals surface area contributed by atoms with E-state index < -0.39 is 0 Å². The summed E-state index contributed by atoms with van der Waals surface area (Å²) in [5, 5.41) is 12.7. The van der Waals surface area contributed by atoms with E-state index in [4.69, 9.17) is 23.2 Å². The SMILES string of the molecule is CCNC(Cc1ccc(Cl)cc1Cl)c1cnnn1C. The number of nitrogens with zero attached hydrogens (tertiary/aromatic N) is 3. The first-order valence-electron chi connectivity index (χ1n) is 6.13.